The van der Waals surface area contributed by atoms with Gasteiger partial charge in [0.1, 0.15) is 0 Å². The predicted molar refractivity (Wildman–Crippen MR) is 77.0 cm³/mol. The molecule has 19 heavy (non-hydrogen) atoms. The molecule has 0 N–H and O–H groups in total. The predicted octanol–water partition coefficient (Wildman–Crippen LogP) is 3.91. The molecule has 0 saturated heterocycles. The molecule has 0 radical (unpaired) electrons. The molecule has 0 heterocycles. The molecule has 0 atom stereocenters. The molecule has 94 valence electrons. The zero-order chi connectivity index (χ0) is 13.5. The van der Waals surface area contributed by atoms with Crippen LogP contribution in [-0.2, 0) is 9.53 Å². The van der Waals surface area contributed by atoms with Crippen LogP contribution in [0.3, 0.4) is 0 Å². The Morgan fingerprint density at radius 1 is 0.947 bits per heavy atom. The van der Waals surface area contributed by atoms with Gasteiger partial charge in [0.15, 0.2) is 0 Å². The third kappa shape index (κ3) is 3.42. The molecular formula is C17H14O2. The molecule has 0 spiro atoms. The Hall–Kier alpha value is -2.61. The van der Waals surface area contributed by atoms with Gasteiger partial charge in [-0.3, -0.25) is 0 Å². The fourth-order valence-electron chi connectivity index (χ4n) is 1.73. The van der Waals surface area contributed by atoms with Crippen LogP contribution in [0.2, 0.25) is 0 Å². The van der Waals surface area contributed by atoms with Crippen molar-refractivity contribution in [2.75, 3.05) is 0 Å². The number of hydrogen-bond donors (Lipinski definition) is 0. The molecule has 0 fully saturated rings. The summed E-state index contributed by atoms with van der Waals surface area (Å²) in [7, 11) is 0. The second kappa shape index (κ2) is 6.36. The molecule has 2 aromatic rings. The molecule has 0 saturated carbocycles. The van der Waals surface area contributed by atoms with Crippen LogP contribution in [0, 0.1) is 0 Å². The van der Waals surface area contributed by atoms with E-state index in [1.165, 1.54) is 0 Å². The van der Waals surface area contributed by atoms with Gasteiger partial charge in [-0.05, 0) is 17.2 Å². The summed E-state index contributed by atoms with van der Waals surface area (Å²) in [6.45, 7) is 3.41. The monoisotopic (exact) mass is 250 g/mol. The minimum atomic E-state index is -0.412. The summed E-state index contributed by atoms with van der Waals surface area (Å²) < 4.78 is 4.89. The molecular weight excluding hydrogens is 236 g/mol. The van der Waals surface area contributed by atoms with E-state index in [9.17, 15) is 4.79 Å². The first kappa shape index (κ1) is 12.8. The minimum absolute atomic E-state index is 0.412. The average Bonchev–Trinajstić information content (AvgIpc) is 2.47. The smallest absolute Gasteiger partial charge is 0.343 e. The number of benzene rings is 2. The molecule has 0 amide bonds. The molecule has 0 unspecified atom stereocenters. The van der Waals surface area contributed by atoms with E-state index in [-0.39, 0.29) is 0 Å². The summed E-state index contributed by atoms with van der Waals surface area (Å²) in [4.78, 5) is 12.0. The largest absolute Gasteiger partial charge is 0.432 e. The molecule has 2 rings (SSSR count). The molecule has 0 aliphatic carbocycles. The van der Waals surface area contributed by atoms with Crippen molar-refractivity contribution in [3.63, 3.8) is 0 Å². The van der Waals surface area contributed by atoms with Crippen molar-refractivity contribution in [2.45, 2.75) is 0 Å². The van der Waals surface area contributed by atoms with E-state index in [2.05, 4.69) is 6.58 Å². The van der Waals surface area contributed by atoms with Gasteiger partial charge in [0.05, 0.1) is 11.8 Å². The average molecular weight is 250 g/mol. The minimum Gasteiger partial charge on any atom is -0.432 e. The van der Waals surface area contributed by atoms with Crippen LogP contribution in [0.25, 0.3) is 11.6 Å². The molecule has 2 heteroatoms. The standard InChI is InChI=1S/C17H14O2/c1-2-19-17(18)16(15-11-7-4-8-12-15)13-14-9-5-3-6-10-14/h2-13H,1H2. The van der Waals surface area contributed by atoms with Gasteiger partial charge in [-0.15, -0.1) is 0 Å². The quantitative estimate of drug-likeness (QED) is 0.356. The van der Waals surface area contributed by atoms with Crippen LogP contribution in [0.5, 0.6) is 0 Å². The number of rotatable bonds is 4. The van der Waals surface area contributed by atoms with Crippen molar-refractivity contribution in [2.24, 2.45) is 0 Å². The lowest BCUT2D eigenvalue weighted by Gasteiger charge is -2.06. The van der Waals surface area contributed by atoms with Crippen molar-refractivity contribution in [1.82, 2.24) is 0 Å². The lowest BCUT2D eigenvalue weighted by molar-refractivity contribution is -0.131. The number of esters is 1. The fraction of sp³-hybridized carbons (Fsp3) is 0. The maximum atomic E-state index is 12.0. The van der Waals surface area contributed by atoms with Crippen molar-refractivity contribution >= 4 is 17.6 Å². The van der Waals surface area contributed by atoms with E-state index in [1.807, 2.05) is 60.7 Å². The Labute approximate surface area is 112 Å². The third-order valence-electron chi connectivity index (χ3n) is 2.61. The maximum absolute atomic E-state index is 12.0. The summed E-state index contributed by atoms with van der Waals surface area (Å²) in [5.41, 5.74) is 2.27. The van der Waals surface area contributed by atoms with E-state index in [1.54, 1.807) is 6.08 Å². The van der Waals surface area contributed by atoms with Gasteiger partial charge in [-0.2, -0.15) is 0 Å². The summed E-state index contributed by atoms with van der Waals surface area (Å²) in [5.74, 6) is -0.412. The van der Waals surface area contributed by atoms with Crippen molar-refractivity contribution in [3.8, 4) is 0 Å². The Morgan fingerprint density at radius 2 is 1.53 bits per heavy atom. The summed E-state index contributed by atoms with van der Waals surface area (Å²) in [5, 5.41) is 0. The first-order chi connectivity index (χ1) is 9.31. The van der Waals surface area contributed by atoms with Gasteiger partial charge in [0, 0.05) is 0 Å². The molecule has 0 aromatic heterocycles. The normalized spacial score (nSPS) is 10.8. The van der Waals surface area contributed by atoms with E-state index < -0.39 is 5.97 Å². The Kier molecular flexibility index (Phi) is 4.29. The first-order valence-corrected chi connectivity index (χ1v) is 5.95. The summed E-state index contributed by atoms with van der Waals surface area (Å²) in [6.07, 6.45) is 2.95. The SMILES string of the molecule is C=COC(=O)C(=Cc1ccccc1)c1ccccc1. The van der Waals surface area contributed by atoms with E-state index in [0.717, 1.165) is 17.4 Å². The Balaban J connectivity index is 2.43. The molecule has 0 aliphatic heterocycles. The molecule has 2 aromatic carbocycles. The first-order valence-electron chi connectivity index (χ1n) is 5.95. The zero-order valence-electron chi connectivity index (χ0n) is 10.5. The summed E-state index contributed by atoms with van der Waals surface area (Å²) >= 11 is 0. The van der Waals surface area contributed by atoms with Crippen LogP contribution in [0.4, 0.5) is 0 Å². The zero-order valence-corrected chi connectivity index (χ0v) is 10.5. The van der Waals surface area contributed by atoms with Gasteiger partial charge in [-0.25, -0.2) is 4.79 Å². The fourth-order valence-corrected chi connectivity index (χ4v) is 1.73. The number of carbonyl (C=O) groups excluding carboxylic acids is 1. The van der Waals surface area contributed by atoms with Crippen LogP contribution in [0.15, 0.2) is 73.5 Å². The lowest BCUT2D eigenvalue weighted by Crippen LogP contribution is -2.03. The third-order valence-corrected chi connectivity index (χ3v) is 2.61. The van der Waals surface area contributed by atoms with Crippen LogP contribution < -0.4 is 0 Å². The molecule has 0 aliphatic rings. The number of carbonyl (C=O) groups is 1. The van der Waals surface area contributed by atoms with Crippen molar-refractivity contribution in [1.29, 1.82) is 0 Å². The van der Waals surface area contributed by atoms with Gasteiger partial charge in [0.25, 0.3) is 0 Å². The number of ether oxygens (including phenoxy) is 1. The number of hydrogen-bond acceptors (Lipinski definition) is 2. The van der Waals surface area contributed by atoms with Crippen LogP contribution >= 0.6 is 0 Å². The van der Waals surface area contributed by atoms with Crippen LogP contribution in [-0.4, -0.2) is 5.97 Å². The topological polar surface area (TPSA) is 26.3 Å². The van der Waals surface area contributed by atoms with Gasteiger partial charge < -0.3 is 4.74 Å². The highest BCUT2D eigenvalue weighted by atomic mass is 16.5. The maximum Gasteiger partial charge on any atom is 0.343 e. The van der Waals surface area contributed by atoms with Crippen molar-refractivity contribution in [3.05, 3.63) is 84.6 Å². The Bertz CT molecular complexity index is 583. The van der Waals surface area contributed by atoms with E-state index in [0.29, 0.717) is 5.57 Å². The second-order valence-electron chi connectivity index (χ2n) is 3.91. The highest BCUT2D eigenvalue weighted by Gasteiger charge is 2.12. The molecule has 0 bridgehead atoms. The summed E-state index contributed by atoms with van der Waals surface area (Å²) in [6, 6.07) is 19.1. The van der Waals surface area contributed by atoms with E-state index >= 15 is 0 Å². The van der Waals surface area contributed by atoms with E-state index in [4.69, 9.17) is 4.74 Å². The van der Waals surface area contributed by atoms with Gasteiger partial charge >= 0.3 is 5.97 Å². The Morgan fingerprint density at radius 3 is 2.11 bits per heavy atom. The lowest BCUT2D eigenvalue weighted by atomic mass is 10.0. The van der Waals surface area contributed by atoms with Crippen LogP contribution in [0.1, 0.15) is 11.1 Å². The van der Waals surface area contributed by atoms with Gasteiger partial charge in [0.2, 0.25) is 0 Å². The van der Waals surface area contributed by atoms with Gasteiger partial charge in [-0.1, -0.05) is 67.2 Å². The second-order valence-corrected chi connectivity index (χ2v) is 3.91. The van der Waals surface area contributed by atoms with Crippen molar-refractivity contribution < 1.29 is 9.53 Å². The molecule has 2 nitrogen and oxygen atoms in total. The highest BCUT2D eigenvalue weighted by molar-refractivity contribution is 6.21. The highest BCUT2D eigenvalue weighted by Crippen LogP contribution is 2.19.